The molecular weight excluding hydrogens is 339 g/mol. The lowest BCUT2D eigenvalue weighted by Gasteiger charge is -2.37. The van der Waals surface area contributed by atoms with Crippen LogP contribution in [0, 0.1) is 5.82 Å². The van der Waals surface area contributed by atoms with E-state index in [0.29, 0.717) is 56.5 Å². The second-order valence-corrected chi connectivity index (χ2v) is 6.30. The van der Waals surface area contributed by atoms with Gasteiger partial charge in [0.15, 0.2) is 5.79 Å². The lowest BCUT2D eigenvalue weighted by atomic mass is 10.0. The average molecular weight is 358 g/mol. The molecule has 0 aliphatic carbocycles. The van der Waals surface area contributed by atoms with Crippen molar-refractivity contribution >= 4 is 17.5 Å². The lowest BCUT2D eigenvalue weighted by molar-refractivity contribution is -0.181. The molecule has 2 aliphatic heterocycles. The molecule has 0 atom stereocenters. The Balaban J connectivity index is 1.42. The van der Waals surface area contributed by atoms with Crippen LogP contribution in [0.2, 0.25) is 0 Å². The van der Waals surface area contributed by atoms with Crippen molar-refractivity contribution in [1.82, 2.24) is 14.9 Å². The van der Waals surface area contributed by atoms with Crippen LogP contribution in [0.5, 0.6) is 0 Å². The number of hydrogen-bond acceptors (Lipinski definition) is 6. The van der Waals surface area contributed by atoms with Gasteiger partial charge in [0, 0.05) is 37.8 Å². The smallest absolute Gasteiger partial charge is 0.272 e. The fourth-order valence-corrected chi connectivity index (χ4v) is 3.20. The molecule has 0 saturated carbocycles. The minimum Gasteiger partial charge on any atom is -0.347 e. The minimum absolute atomic E-state index is 0.151. The van der Waals surface area contributed by atoms with Crippen LogP contribution in [-0.4, -0.2) is 52.9 Å². The summed E-state index contributed by atoms with van der Waals surface area (Å²) < 4.78 is 24.4. The zero-order valence-corrected chi connectivity index (χ0v) is 14.2. The number of benzene rings is 1. The maximum Gasteiger partial charge on any atom is 0.272 e. The number of nitrogens with one attached hydrogen (secondary N) is 1. The zero-order valence-electron chi connectivity index (χ0n) is 14.2. The van der Waals surface area contributed by atoms with Gasteiger partial charge in [0.2, 0.25) is 5.95 Å². The highest BCUT2D eigenvalue weighted by atomic mass is 19.1. The van der Waals surface area contributed by atoms with E-state index in [1.165, 1.54) is 18.3 Å². The van der Waals surface area contributed by atoms with E-state index in [2.05, 4.69) is 15.3 Å². The molecule has 1 spiro atoms. The van der Waals surface area contributed by atoms with Gasteiger partial charge in [0.25, 0.3) is 5.91 Å². The van der Waals surface area contributed by atoms with Crippen molar-refractivity contribution in [2.75, 3.05) is 31.6 Å². The molecule has 0 unspecified atom stereocenters. The molecule has 1 N–H and O–H groups in total. The number of likely N-dealkylation sites (tertiary alicyclic amines) is 1. The summed E-state index contributed by atoms with van der Waals surface area (Å²) in [6, 6.07) is 7.44. The summed E-state index contributed by atoms with van der Waals surface area (Å²) in [5.41, 5.74) is 0.959. The summed E-state index contributed by atoms with van der Waals surface area (Å²) in [7, 11) is 0. The molecule has 2 aromatic rings. The third-order valence-electron chi connectivity index (χ3n) is 4.60. The number of aromatic nitrogens is 2. The molecule has 0 radical (unpaired) electrons. The quantitative estimate of drug-likeness (QED) is 0.908. The van der Waals surface area contributed by atoms with Crippen molar-refractivity contribution in [2.24, 2.45) is 0 Å². The summed E-state index contributed by atoms with van der Waals surface area (Å²) in [6.07, 6.45) is 2.84. The van der Waals surface area contributed by atoms with Crippen LogP contribution in [0.15, 0.2) is 36.5 Å². The molecule has 4 rings (SSSR count). The minimum atomic E-state index is -0.516. The van der Waals surface area contributed by atoms with Crippen LogP contribution in [0.4, 0.5) is 16.0 Å². The number of carbonyl (C=O) groups excluding carboxylic acids is 1. The van der Waals surface area contributed by atoms with Crippen molar-refractivity contribution < 1.29 is 18.7 Å². The third kappa shape index (κ3) is 3.51. The first kappa shape index (κ1) is 16.9. The van der Waals surface area contributed by atoms with E-state index in [1.54, 1.807) is 23.1 Å². The Hall–Kier alpha value is -2.58. The number of rotatable bonds is 3. The van der Waals surface area contributed by atoms with Crippen LogP contribution in [-0.2, 0) is 9.47 Å². The summed E-state index contributed by atoms with van der Waals surface area (Å²) in [4.78, 5) is 22.9. The molecule has 1 amide bonds. The van der Waals surface area contributed by atoms with Gasteiger partial charge in [-0.3, -0.25) is 4.79 Å². The summed E-state index contributed by atoms with van der Waals surface area (Å²) >= 11 is 0. The highest BCUT2D eigenvalue weighted by Crippen LogP contribution is 2.31. The van der Waals surface area contributed by atoms with Crippen molar-refractivity contribution in [1.29, 1.82) is 0 Å². The van der Waals surface area contributed by atoms with Gasteiger partial charge in [-0.2, -0.15) is 0 Å². The second-order valence-electron chi connectivity index (χ2n) is 6.30. The van der Waals surface area contributed by atoms with Crippen LogP contribution in [0.1, 0.15) is 23.3 Å². The lowest BCUT2D eigenvalue weighted by Crippen LogP contribution is -2.47. The van der Waals surface area contributed by atoms with E-state index >= 15 is 0 Å². The Kier molecular flexibility index (Phi) is 4.52. The molecule has 26 heavy (non-hydrogen) atoms. The predicted molar refractivity (Wildman–Crippen MR) is 91.5 cm³/mol. The third-order valence-corrected chi connectivity index (χ3v) is 4.60. The van der Waals surface area contributed by atoms with E-state index in [9.17, 15) is 9.18 Å². The van der Waals surface area contributed by atoms with Gasteiger partial charge in [0.1, 0.15) is 11.5 Å². The number of anilines is 2. The van der Waals surface area contributed by atoms with Crippen LogP contribution in [0.3, 0.4) is 0 Å². The first-order chi connectivity index (χ1) is 12.6. The molecule has 2 saturated heterocycles. The normalized spacial score (nSPS) is 18.9. The maximum atomic E-state index is 13.0. The monoisotopic (exact) mass is 358 g/mol. The Bertz CT molecular complexity index is 783. The number of carbonyl (C=O) groups is 1. The molecule has 7 nitrogen and oxygen atoms in total. The Labute approximate surface area is 150 Å². The highest BCUT2D eigenvalue weighted by molar-refractivity contribution is 5.92. The van der Waals surface area contributed by atoms with Gasteiger partial charge in [0.05, 0.1) is 13.2 Å². The molecule has 3 heterocycles. The van der Waals surface area contributed by atoms with Gasteiger partial charge >= 0.3 is 0 Å². The van der Waals surface area contributed by atoms with E-state index in [4.69, 9.17) is 9.47 Å². The maximum absolute atomic E-state index is 13.0. The predicted octanol–water partition coefficient (Wildman–Crippen LogP) is 2.34. The molecule has 1 aromatic carbocycles. The van der Waals surface area contributed by atoms with E-state index < -0.39 is 5.79 Å². The number of ether oxygens (including phenoxy) is 2. The SMILES string of the molecule is O=C(c1ccnc(Nc2ccc(F)cc2)n1)N1CCC2(CC1)OCCO2. The fourth-order valence-electron chi connectivity index (χ4n) is 3.20. The van der Waals surface area contributed by atoms with Crippen molar-refractivity contribution in [3.8, 4) is 0 Å². The molecule has 2 aliphatic rings. The van der Waals surface area contributed by atoms with Crippen LogP contribution in [0.25, 0.3) is 0 Å². The van der Waals surface area contributed by atoms with Gasteiger partial charge in [-0.15, -0.1) is 0 Å². The number of piperidine rings is 1. The molecular formula is C18H19FN4O3. The van der Waals surface area contributed by atoms with Gasteiger partial charge in [-0.25, -0.2) is 14.4 Å². The standard InChI is InChI=1S/C18H19FN4O3/c19-13-1-3-14(4-2-13)21-17-20-8-5-15(22-17)16(24)23-9-6-18(7-10-23)25-11-12-26-18/h1-5,8H,6-7,9-12H2,(H,20,21,22). The Morgan fingerprint density at radius 1 is 1.12 bits per heavy atom. The number of hydrogen-bond donors (Lipinski definition) is 1. The Morgan fingerprint density at radius 2 is 1.81 bits per heavy atom. The van der Waals surface area contributed by atoms with Crippen molar-refractivity contribution in [3.63, 3.8) is 0 Å². The zero-order chi connectivity index (χ0) is 18.0. The van der Waals surface area contributed by atoms with E-state index in [0.717, 1.165) is 0 Å². The topological polar surface area (TPSA) is 76.6 Å². The van der Waals surface area contributed by atoms with E-state index in [-0.39, 0.29) is 11.7 Å². The van der Waals surface area contributed by atoms with E-state index in [1.807, 2.05) is 0 Å². The molecule has 136 valence electrons. The first-order valence-electron chi connectivity index (χ1n) is 8.56. The number of halogens is 1. The fraction of sp³-hybridized carbons (Fsp3) is 0.389. The number of amides is 1. The summed E-state index contributed by atoms with van der Waals surface area (Å²) in [6.45, 7) is 2.34. The van der Waals surface area contributed by atoms with Crippen molar-refractivity contribution in [3.05, 3.63) is 48.0 Å². The van der Waals surface area contributed by atoms with Gasteiger partial charge in [-0.05, 0) is 30.3 Å². The average Bonchev–Trinajstić information content (AvgIpc) is 3.12. The molecule has 2 fully saturated rings. The van der Waals surface area contributed by atoms with Crippen LogP contribution < -0.4 is 5.32 Å². The van der Waals surface area contributed by atoms with Gasteiger partial charge in [-0.1, -0.05) is 0 Å². The summed E-state index contributed by atoms with van der Waals surface area (Å²) in [5, 5.41) is 2.97. The number of nitrogens with zero attached hydrogens (tertiary/aromatic N) is 3. The van der Waals surface area contributed by atoms with Crippen LogP contribution >= 0.6 is 0 Å². The largest absolute Gasteiger partial charge is 0.347 e. The first-order valence-corrected chi connectivity index (χ1v) is 8.56. The summed E-state index contributed by atoms with van der Waals surface area (Å²) in [5.74, 6) is -0.697. The van der Waals surface area contributed by atoms with Crippen molar-refractivity contribution in [2.45, 2.75) is 18.6 Å². The van der Waals surface area contributed by atoms with Gasteiger partial charge < -0.3 is 19.7 Å². The second kappa shape index (κ2) is 6.97. The molecule has 8 heteroatoms. The Morgan fingerprint density at radius 3 is 2.50 bits per heavy atom. The molecule has 1 aromatic heterocycles. The highest BCUT2D eigenvalue weighted by Gasteiger charge is 2.41. The molecule has 0 bridgehead atoms.